The zero-order valence-electron chi connectivity index (χ0n) is 21.6. The highest BCUT2D eigenvalue weighted by Crippen LogP contribution is 2.31. The van der Waals surface area contributed by atoms with E-state index in [-0.39, 0.29) is 18.3 Å². The van der Waals surface area contributed by atoms with E-state index in [1.165, 1.54) is 19.1 Å². The number of hydrogen-bond donors (Lipinski definition) is 0. The Morgan fingerprint density at radius 1 is 0.789 bits per heavy atom. The van der Waals surface area contributed by atoms with Crippen LogP contribution in [-0.4, -0.2) is 98.3 Å². The van der Waals surface area contributed by atoms with Gasteiger partial charge in [0.25, 0.3) is 5.91 Å². The molecule has 3 rings (SSSR count). The van der Waals surface area contributed by atoms with Crippen molar-refractivity contribution in [3.05, 3.63) is 29.8 Å². The minimum Gasteiger partial charge on any atom is -0.463 e. The molecule has 0 saturated carbocycles. The Balaban J connectivity index is 1.87. The molecule has 5 unspecified atom stereocenters. The number of benzene rings is 1. The average molecular weight is 538 g/mol. The number of amides is 1. The van der Waals surface area contributed by atoms with Crippen LogP contribution in [0.2, 0.25) is 0 Å². The SMILES string of the molecule is CC(=O)OCC1OC(Oc2ccc(C(=O)N3CCOCC3)cc2)C(OC(C)=O)C(OC(C)=O)C1OC(C)=O. The first-order valence-corrected chi connectivity index (χ1v) is 12.0. The van der Waals surface area contributed by atoms with Gasteiger partial charge in [-0.3, -0.25) is 24.0 Å². The van der Waals surface area contributed by atoms with Gasteiger partial charge in [-0.25, -0.2) is 0 Å². The maximum absolute atomic E-state index is 12.7. The molecular formula is C25H31NO12. The van der Waals surface area contributed by atoms with Gasteiger partial charge < -0.3 is 38.1 Å². The van der Waals surface area contributed by atoms with Crippen LogP contribution < -0.4 is 4.74 Å². The molecule has 0 bridgehead atoms. The second-order valence-corrected chi connectivity index (χ2v) is 8.61. The summed E-state index contributed by atoms with van der Waals surface area (Å²) in [6.45, 7) is 6.13. The fraction of sp³-hybridized carbons (Fsp3) is 0.560. The monoisotopic (exact) mass is 537 g/mol. The summed E-state index contributed by atoms with van der Waals surface area (Å²) in [5.74, 6) is -2.76. The van der Waals surface area contributed by atoms with Crippen molar-refractivity contribution in [2.45, 2.75) is 58.4 Å². The number of ether oxygens (including phenoxy) is 7. The molecule has 2 aliphatic rings. The number of morpholine rings is 1. The first-order chi connectivity index (χ1) is 18.0. The van der Waals surface area contributed by atoms with Crippen LogP contribution in [-0.2, 0) is 47.6 Å². The molecule has 13 nitrogen and oxygen atoms in total. The van der Waals surface area contributed by atoms with Crippen molar-refractivity contribution in [3.63, 3.8) is 0 Å². The van der Waals surface area contributed by atoms with Gasteiger partial charge in [-0.15, -0.1) is 0 Å². The Hall–Kier alpha value is -3.71. The Labute approximate surface area is 219 Å². The lowest BCUT2D eigenvalue weighted by Crippen LogP contribution is -2.63. The van der Waals surface area contributed by atoms with E-state index < -0.39 is 54.6 Å². The summed E-state index contributed by atoms with van der Waals surface area (Å²) in [4.78, 5) is 61.6. The minimum atomic E-state index is -1.36. The lowest BCUT2D eigenvalue weighted by Gasteiger charge is -2.43. The molecule has 1 aromatic rings. The highest BCUT2D eigenvalue weighted by Gasteiger charge is 2.53. The number of carbonyl (C=O) groups is 5. The summed E-state index contributed by atoms with van der Waals surface area (Å²) >= 11 is 0. The van der Waals surface area contributed by atoms with Crippen LogP contribution in [0.1, 0.15) is 38.1 Å². The minimum absolute atomic E-state index is 0.160. The lowest BCUT2D eigenvalue weighted by atomic mass is 9.98. The van der Waals surface area contributed by atoms with Crippen molar-refractivity contribution in [1.82, 2.24) is 4.90 Å². The van der Waals surface area contributed by atoms with Gasteiger partial charge in [0, 0.05) is 46.3 Å². The Morgan fingerprint density at radius 3 is 1.89 bits per heavy atom. The predicted molar refractivity (Wildman–Crippen MR) is 126 cm³/mol. The molecule has 0 spiro atoms. The topological polar surface area (TPSA) is 153 Å². The molecule has 13 heteroatoms. The largest absolute Gasteiger partial charge is 0.463 e. The molecule has 0 N–H and O–H groups in total. The molecular weight excluding hydrogens is 506 g/mol. The molecule has 208 valence electrons. The molecule has 5 atom stereocenters. The van der Waals surface area contributed by atoms with Crippen LogP contribution in [0.5, 0.6) is 5.75 Å². The maximum atomic E-state index is 12.7. The van der Waals surface area contributed by atoms with Crippen LogP contribution in [0.4, 0.5) is 0 Å². The summed E-state index contributed by atoms with van der Waals surface area (Å²) in [6.07, 6.45) is -6.48. The van der Waals surface area contributed by atoms with Crippen molar-refractivity contribution < 1.29 is 57.1 Å². The van der Waals surface area contributed by atoms with Crippen LogP contribution in [0.15, 0.2) is 24.3 Å². The highest BCUT2D eigenvalue weighted by molar-refractivity contribution is 5.94. The third-order valence-electron chi connectivity index (χ3n) is 5.60. The van der Waals surface area contributed by atoms with Crippen molar-refractivity contribution in [2.24, 2.45) is 0 Å². The second-order valence-electron chi connectivity index (χ2n) is 8.61. The van der Waals surface area contributed by atoms with E-state index >= 15 is 0 Å². The van der Waals surface area contributed by atoms with Crippen molar-refractivity contribution in [3.8, 4) is 5.75 Å². The molecule has 2 heterocycles. The van der Waals surface area contributed by atoms with Crippen molar-refractivity contribution in [2.75, 3.05) is 32.9 Å². The normalized spacial score (nSPS) is 25.1. The van der Waals surface area contributed by atoms with E-state index in [2.05, 4.69) is 0 Å². The molecule has 38 heavy (non-hydrogen) atoms. The standard InChI is InChI=1S/C25H31NO12/c1-14(27)33-13-20-21(34-15(2)28)22(35-16(3)29)23(36-17(4)30)25(38-20)37-19-7-5-18(6-8-19)24(31)26-9-11-32-12-10-26/h5-8,20-23,25H,9-13H2,1-4H3. The van der Waals surface area contributed by atoms with Gasteiger partial charge in [-0.1, -0.05) is 0 Å². The molecule has 2 saturated heterocycles. The van der Waals surface area contributed by atoms with E-state index in [1.54, 1.807) is 17.0 Å². The van der Waals surface area contributed by atoms with Gasteiger partial charge >= 0.3 is 23.9 Å². The molecule has 0 aliphatic carbocycles. The maximum Gasteiger partial charge on any atom is 0.303 e. The zero-order valence-corrected chi connectivity index (χ0v) is 21.6. The fourth-order valence-electron chi connectivity index (χ4n) is 4.04. The molecule has 1 amide bonds. The number of hydrogen-bond acceptors (Lipinski definition) is 12. The molecule has 0 radical (unpaired) electrons. The third-order valence-corrected chi connectivity index (χ3v) is 5.60. The summed E-state index contributed by atoms with van der Waals surface area (Å²) in [6, 6.07) is 6.20. The predicted octanol–water partition coefficient (Wildman–Crippen LogP) is 0.621. The number of rotatable bonds is 8. The van der Waals surface area contributed by atoms with Gasteiger partial charge in [0.1, 0.15) is 18.5 Å². The van der Waals surface area contributed by atoms with Gasteiger partial charge in [0.2, 0.25) is 12.4 Å². The number of nitrogens with zero attached hydrogens (tertiary/aromatic N) is 1. The van der Waals surface area contributed by atoms with Gasteiger partial charge in [0.15, 0.2) is 12.2 Å². The van der Waals surface area contributed by atoms with E-state index in [4.69, 9.17) is 33.2 Å². The van der Waals surface area contributed by atoms with Crippen molar-refractivity contribution >= 4 is 29.8 Å². The van der Waals surface area contributed by atoms with Gasteiger partial charge in [-0.2, -0.15) is 0 Å². The first kappa shape index (κ1) is 28.9. The molecule has 2 fully saturated rings. The second kappa shape index (κ2) is 13.2. The smallest absolute Gasteiger partial charge is 0.303 e. The summed E-state index contributed by atoms with van der Waals surface area (Å²) in [7, 11) is 0. The van der Waals surface area contributed by atoms with Crippen LogP contribution in [0.25, 0.3) is 0 Å². The summed E-state index contributed by atoms with van der Waals surface area (Å²) < 4.78 is 38.3. The van der Waals surface area contributed by atoms with E-state index in [0.717, 1.165) is 20.8 Å². The van der Waals surface area contributed by atoms with Crippen LogP contribution >= 0.6 is 0 Å². The van der Waals surface area contributed by atoms with Gasteiger partial charge in [-0.05, 0) is 24.3 Å². The first-order valence-electron chi connectivity index (χ1n) is 12.0. The van der Waals surface area contributed by atoms with E-state index in [9.17, 15) is 24.0 Å². The van der Waals surface area contributed by atoms with Crippen LogP contribution in [0, 0.1) is 0 Å². The Kier molecular flexibility index (Phi) is 10.0. The molecule has 0 aromatic heterocycles. The highest BCUT2D eigenvalue weighted by atomic mass is 16.7. The molecule has 2 aliphatic heterocycles. The van der Waals surface area contributed by atoms with Crippen LogP contribution in [0.3, 0.4) is 0 Å². The van der Waals surface area contributed by atoms with Gasteiger partial charge in [0.05, 0.1) is 13.2 Å². The molecule has 1 aromatic carbocycles. The quantitative estimate of drug-likeness (QED) is 0.337. The third kappa shape index (κ3) is 7.89. The fourth-order valence-corrected chi connectivity index (χ4v) is 4.04. The lowest BCUT2D eigenvalue weighted by molar-refractivity contribution is -0.288. The Morgan fingerprint density at radius 2 is 1.34 bits per heavy atom. The van der Waals surface area contributed by atoms with E-state index in [0.29, 0.717) is 31.9 Å². The van der Waals surface area contributed by atoms with E-state index in [1.807, 2.05) is 0 Å². The number of carbonyl (C=O) groups excluding carboxylic acids is 5. The van der Waals surface area contributed by atoms with Crippen molar-refractivity contribution in [1.29, 1.82) is 0 Å². The summed E-state index contributed by atoms with van der Waals surface area (Å²) in [5.41, 5.74) is 0.431. The zero-order chi connectivity index (χ0) is 27.8. The average Bonchev–Trinajstić information content (AvgIpc) is 2.86. The Bertz CT molecular complexity index is 1020. The number of esters is 4. The summed E-state index contributed by atoms with van der Waals surface area (Å²) in [5, 5.41) is 0.